The zero-order chi connectivity index (χ0) is 13.1. The highest BCUT2D eigenvalue weighted by Gasteiger charge is 2.07. The second kappa shape index (κ2) is 5.73. The summed E-state index contributed by atoms with van der Waals surface area (Å²) in [7, 11) is 1.97. The Morgan fingerprint density at radius 2 is 2.28 bits per heavy atom. The maximum absolute atomic E-state index is 5.48. The first kappa shape index (κ1) is 13.4. The SMILES string of the molecule is CN(Cc1cc(Br)cs1)c1cnc(C(N)=S)cn1. The lowest BCUT2D eigenvalue weighted by molar-refractivity contribution is 0.902. The first-order chi connectivity index (χ1) is 8.56. The molecule has 0 saturated heterocycles. The molecule has 2 aromatic rings. The van der Waals surface area contributed by atoms with Gasteiger partial charge >= 0.3 is 0 Å². The molecule has 0 aliphatic carbocycles. The number of nitrogens with zero attached hydrogens (tertiary/aromatic N) is 3. The van der Waals surface area contributed by atoms with E-state index in [1.165, 1.54) is 4.88 Å². The van der Waals surface area contributed by atoms with Gasteiger partial charge in [-0.05, 0) is 22.0 Å². The molecule has 0 aromatic carbocycles. The number of halogens is 1. The van der Waals surface area contributed by atoms with E-state index in [0.29, 0.717) is 5.69 Å². The van der Waals surface area contributed by atoms with E-state index in [4.69, 9.17) is 18.0 Å². The van der Waals surface area contributed by atoms with Crippen molar-refractivity contribution in [3.63, 3.8) is 0 Å². The van der Waals surface area contributed by atoms with Gasteiger partial charge in [0.15, 0.2) is 0 Å². The summed E-state index contributed by atoms with van der Waals surface area (Å²) in [6.45, 7) is 0.789. The van der Waals surface area contributed by atoms with Crippen LogP contribution in [0.5, 0.6) is 0 Å². The van der Waals surface area contributed by atoms with Crippen LogP contribution in [-0.4, -0.2) is 22.0 Å². The van der Waals surface area contributed by atoms with Gasteiger partial charge in [-0.25, -0.2) is 9.97 Å². The number of rotatable bonds is 4. The van der Waals surface area contributed by atoms with Crippen molar-refractivity contribution in [1.29, 1.82) is 0 Å². The number of anilines is 1. The zero-order valence-electron chi connectivity index (χ0n) is 9.63. The highest BCUT2D eigenvalue weighted by Crippen LogP contribution is 2.22. The van der Waals surface area contributed by atoms with Gasteiger partial charge in [0.2, 0.25) is 0 Å². The molecule has 0 spiro atoms. The molecule has 4 nitrogen and oxygen atoms in total. The Bertz CT molecular complexity index is 552. The lowest BCUT2D eigenvalue weighted by atomic mass is 10.4. The quantitative estimate of drug-likeness (QED) is 0.865. The molecule has 0 unspecified atom stereocenters. The van der Waals surface area contributed by atoms with Crippen molar-refractivity contribution in [3.05, 3.63) is 38.9 Å². The summed E-state index contributed by atoms with van der Waals surface area (Å²) in [5.74, 6) is 0.791. The maximum Gasteiger partial charge on any atom is 0.147 e. The van der Waals surface area contributed by atoms with Gasteiger partial charge < -0.3 is 10.6 Å². The van der Waals surface area contributed by atoms with Gasteiger partial charge in [0.25, 0.3) is 0 Å². The second-order valence-electron chi connectivity index (χ2n) is 3.71. The smallest absolute Gasteiger partial charge is 0.147 e. The molecule has 0 fully saturated rings. The molecule has 2 aromatic heterocycles. The first-order valence-corrected chi connectivity index (χ1v) is 7.20. The van der Waals surface area contributed by atoms with Gasteiger partial charge in [0, 0.05) is 21.8 Å². The maximum atomic E-state index is 5.48. The van der Waals surface area contributed by atoms with Crippen molar-refractivity contribution in [1.82, 2.24) is 9.97 Å². The van der Waals surface area contributed by atoms with E-state index in [9.17, 15) is 0 Å². The van der Waals surface area contributed by atoms with Crippen molar-refractivity contribution in [3.8, 4) is 0 Å². The molecular formula is C11H11BrN4S2. The molecule has 2 N–H and O–H groups in total. The summed E-state index contributed by atoms with van der Waals surface area (Å²) in [4.78, 5) is 12.0. The summed E-state index contributed by atoms with van der Waals surface area (Å²) in [5, 5.41) is 2.06. The van der Waals surface area contributed by atoms with Crippen molar-refractivity contribution in [2.24, 2.45) is 5.73 Å². The average molecular weight is 343 g/mol. The Morgan fingerprint density at radius 1 is 1.50 bits per heavy atom. The average Bonchev–Trinajstić information content (AvgIpc) is 2.75. The van der Waals surface area contributed by atoms with Crippen LogP contribution in [0.3, 0.4) is 0 Å². The van der Waals surface area contributed by atoms with E-state index in [1.54, 1.807) is 23.7 Å². The highest BCUT2D eigenvalue weighted by molar-refractivity contribution is 9.10. The van der Waals surface area contributed by atoms with Crippen molar-refractivity contribution in [2.75, 3.05) is 11.9 Å². The Labute approximate surface area is 123 Å². The van der Waals surface area contributed by atoms with Crippen LogP contribution in [0.2, 0.25) is 0 Å². The predicted molar refractivity (Wildman–Crippen MR) is 82.0 cm³/mol. The molecule has 18 heavy (non-hydrogen) atoms. The minimum absolute atomic E-state index is 0.263. The molecule has 0 aliphatic heterocycles. The number of thiophene rings is 1. The zero-order valence-corrected chi connectivity index (χ0v) is 12.8. The lowest BCUT2D eigenvalue weighted by Crippen LogP contribution is -2.18. The van der Waals surface area contributed by atoms with Crippen molar-refractivity contribution < 1.29 is 0 Å². The summed E-state index contributed by atoms with van der Waals surface area (Å²) in [6, 6.07) is 2.10. The van der Waals surface area contributed by atoms with Crippen LogP contribution in [0.4, 0.5) is 5.82 Å². The molecule has 0 amide bonds. The summed E-state index contributed by atoms with van der Waals surface area (Å²) in [5.41, 5.74) is 6.02. The fraction of sp³-hybridized carbons (Fsp3) is 0.182. The molecule has 0 radical (unpaired) electrons. The minimum Gasteiger partial charge on any atom is -0.388 e. The molecule has 94 valence electrons. The van der Waals surface area contributed by atoms with Crippen molar-refractivity contribution >= 4 is 50.3 Å². The molecule has 0 bridgehead atoms. The Hall–Kier alpha value is -1.05. The molecule has 2 heterocycles. The summed E-state index contributed by atoms with van der Waals surface area (Å²) in [6.07, 6.45) is 3.27. The minimum atomic E-state index is 0.263. The van der Waals surface area contributed by atoms with Crippen LogP contribution in [-0.2, 0) is 6.54 Å². The monoisotopic (exact) mass is 342 g/mol. The Morgan fingerprint density at radius 3 is 2.78 bits per heavy atom. The predicted octanol–water partition coefficient (Wildman–Crippen LogP) is 2.57. The van der Waals surface area contributed by atoms with Crippen molar-refractivity contribution in [2.45, 2.75) is 6.54 Å². The highest BCUT2D eigenvalue weighted by atomic mass is 79.9. The van der Waals surface area contributed by atoms with E-state index < -0.39 is 0 Å². The van der Waals surface area contributed by atoms with Gasteiger partial charge in [0.1, 0.15) is 16.5 Å². The van der Waals surface area contributed by atoms with Gasteiger partial charge in [0.05, 0.1) is 18.9 Å². The third kappa shape index (κ3) is 3.24. The molecule has 2 rings (SSSR count). The third-order valence-electron chi connectivity index (χ3n) is 2.30. The van der Waals surface area contributed by atoms with E-state index >= 15 is 0 Å². The number of hydrogen-bond donors (Lipinski definition) is 1. The molecule has 0 atom stereocenters. The van der Waals surface area contributed by atoms with Gasteiger partial charge in [-0.1, -0.05) is 12.2 Å². The van der Waals surface area contributed by atoms with Gasteiger partial charge in [-0.2, -0.15) is 0 Å². The van der Waals surface area contributed by atoms with Crippen LogP contribution < -0.4 is 10.6 Å². The van der Waals surface area contributed by atoms with E-state index in [1.807, 2.05) is 11.9 Å². The molecule has 7 heteroatoms. The standard InChI is InChI=1S/C11H11BrN4S2/c1-16(5-8-2-7(12)6-18-8)10-4-14-9(3-15-10)11(13)17/h2-4,6H,5H2,1H3,(H2,13,17). The topological polar surface area (TPSA) is 55.0 Å². The molecular weight excluding hydrogens is 332 g/mol. The largest absolute Gasteiger partial charge is 0.388 e. The first-order valence-electron chi connectivity index (χ1n) is 5.12. The Balaban J connectivity index is 2.09. The number of nitrogens with two attached hydrogens (primary N) is 1. The summed E-state index contributed by atoms with van der Waals surface area (Å²) < 4.78 is 1.10. The summed E-state index contributed by atoms with van der Waals surface area (Å²) >= 11 is 9.98. The lowest BCUT2D eigenvalue weighted by Gasteiger charge is -2.16. The van der Waals surface area contributed by atoms with Gasteiger partial charge in [-0.3, -0.25) is 0 Å². The fourth-order valence-electron chi connectivity index (χ4n) is 1.40. The number of thiocarbonyl (C=S) groups is 1. The number of hydrogen-bond acceptors (Lipinski definition) is 5. The van der Waals surface area contributed by atoms with E-state index in [0.717, 1.165) is 16.8 Å². The van der Waals surface area contributed by atoms with Crippen LogP contribution in [0.25, 0.3) is 0 Å². The van der Waals surface area contributed by atoms with Gasteiger partial charge in [-0.15, -0.1) is 11.3 Å². The van der Waals surface area contributed by atoms with Crippen LogP contribution in [0, 0.1) is 0 Å². The second-order valence-corrected chi connectivity index (χ2v) is 6.06. The van der Waals surface area contributed by atoms with Crippen LogP contribution in [0.15, 0.2) is 28.3 Å². The van der Waals surface area contributed by atoms with E-state index in [-0.39, 0.29) is 4.99 Å². The normalized spacial score (nSPS) is 10.3. The molecule has 0 saturated carbocycles. The third-order valence-corrected chi connectivity index (χ3v) is 4.19. The number of aromatic nitrogens is 2. The Kier molecular flexibility index (Phi) is 4.26. The fourth-order valence-corrected chi connectivity index (χ4v) is 3.01. The van der Waals surface area contributed by atoms with Crippen LogP contribution >= 0.6 is 39.5 Å². The van der Waals surface area contributed by atoms with E-state index in [2.05, 4.69) is 37.3 Å². The van der Waals surface area contributed by atoms with Crippen LogP contribution in [0.1, 0.15) is 10.6 Å². The molecule has 0 aliphatic rings.